The van der Waals surface area contributed by atoms with Crippen LogP contribution in [-0.4, -0.2) is 47.7 Å². The van der Waals surface area contributed by atoms with E-state index in [-0.39, 0.29) is 36.3 Å². The van der Waals surface area contributed by atoms with Crippen LogP contribution in [0.4, 0.5) is 0 Å². The van der Waals surface area contributed by atoms with Crippen molar-refractivity contribution in [2.75, 3.05) is 13.7 Å². The van der Waals surface area contributed by atoms with E-state index in [4.69, 9.17) is 21.4 Å². The number of benzene rings is 1. The molecule has 4 atom stereocenters. The fraction of sp³-hybridized carbons (Fsp3) is 0.529. The van der Waals surface area contributed by atoms with E-state index in [9.17, 15) is 9.59 Å². The lowest BCUT2D eigenvalue weighted by Crippen LogP contribution is -2.38. The van der Waals surface area contributed by atoms with E-state index in [2.05, 4.69) is 0 Å². The van der Waals surface area contributed by atoms with E-state index in [0.717, 1.165) is 12.0 Å². The van der Waals surface area contributed by atoms with E-state index in [1.807, 2.05) is 24.3 Å². The fourth-order valence-corrected chi connectivity index (χ4v) is 3.79. The van der Waals surface area contributed by atoms with Gasteiger partial charge in [0.1, 0.15) is 0 Å². The topological polar surface area (TPSA) is 66.8 Å². The van der Waals surface area contributed by atoms with Crippen LogP contribution in [-0.2, 0) is 14.3 Å². The Balaban J connectivity index is 1.70. The van der Waals surface area contributed by atoms with Gasteiger partial charge in [-0.2, -0.15) is 0 Å². The summed E-state index contributed by atoms with van der Waals surface area (Å²) in [5, 5.41) is 9.74. The van der Waals surface area contributed by atoms with Crippen molar-refractivity contribution >= 4 is 23.5 Å². The van der Waals surface area contributed by atoms with E-state index in [0.29, 0.717) is 18.0 Å². The summed E-state index contributed by atoms with van der Waals surface area (Å²) in [7, 11) is 1.60. The zero-order valence-electron chi connectivity index (χ0n) is 12.9. The van der Waals surface area contributed by atoms with Crippen LogP contribution < -0.4 is 0 Å². The van der Waals surface area contributed by atoms with Gasteiger partial charge >= 0.3 is 5.97 Å². The Kier molecular flexibility index (Phi) is 4.60. The number of ether oxygens (including phenoxy) is 1. The van der Waals surface area contributed by atoms with Crippen molar-refractivity contribution in [3.63, 3.8) is 0 Å². The predicted molar refractivity (Wildman–Crippen MR) is 85.5 cm³/mol. The Labute approximate surface area is 140 Å². The molecule has 1 saturated heterocycles. The van der Waals surface area contributed by atoms with Gasteiger partial charge in [-0.05, 0) is 30.4 Å². The third-order valence-electron chi connectivity index (χ3n) is 4.82. The second-order valence-corrected chi connectivity index (χ2v) is 6.71. The van der Waals surface area contributed by atoms with Crippen LogP contribution in [0.5, 0.6) is 0 Å². The number of likely N-dealkylation sites (tertiary alicyclic amines) is 1. The first-order chi connectivity index (χ1) is 11.0. The minimum atomic E-state index is -0.886. The van der Waals surface area contributed by atoms with E-state index in [1.165, 1.54) is 0 Å². The Morgan fingerprint density at radius 3 is 2.74 bits per heavy atom. The fourth-order valence-electron chi connectivity index (χ4n) is 3.51. The second-order valence-electron chi connectivity index (χ2n) is 6.31. The molecule has 5 nitrogen and oxygen atoms in total. The number of carboxylic acid groups (broad SMARTS) is 1. The van der Waals surface area contributed by atoms with Crippen molar-refractivity contribution in [3.05, 3.63) is 34.9 Å². The van der Waals surface area contributed by atoms with Gasteiger partial charge in [-0.1, -0.05) is 29.8 Å². The molecule has 1 amide bonds. The quantitative estimate of drug-likeness (QED) is 0.896. The third kappa shape index (κ3) is 3.35. The second kappa shape index (κ2) is 6.49. The molecule has 3 rings (SSSR count). The lowest BCUT2D eigenvalue weighted by Gasteiger charge is -2.23. The molecule has 0 bridgehead atoms. The number of amides is 1. The Hall–Kier alpha value is -1.59. The average molecular weight is 338 g/mol. The van der Waals surface area contributed by atoms with Crippen molar-refractivity contribution in [3.8, 4) is 0 Å². The Morgan fingerprint density at radius 1 is 1.35 bits per heavy atom. The molecular weight excluding hydrogens is 318 g/mol. The summed E-state index contributed by atoms with van der Waals surface area (Å²) in [6.07, 6.45) is 1.24. The average Bonchev–Trinajstić information content (AvgIpc) is 3.20. The zero-order valence-corrected chi connectivity index (χ0v) is 13.7. The third-order valence-corrected chi connectivity index (χ3v) is 5.16. The highest BCUT2D eigenvalue weighted by Gasteiger charge is 2.49. The molecule has 2 fully saturated rings. The molecule has 1 aliphatic heterocycles. The first-order valence-corrected chi connectivity index (χ1v) is 8.18. The molecule has 1 aliphatic carbocycles. The summed E-state index contributed by atoms with van der Waals surface area (Å²) in [6.45, 7) is 0.471. The molecule has 4 unspecified atom stereocenters. The zero-order chi connectivity index (χ0) is 16.6. The van der Waals surface area contributed by atoms with Crippen LogP contribution in [0, 0.1) is 5.92 Å². The molecule has 2 aliphatic rings. The van der Waals surface area contributed by atoms with Gasteiger partial charge in [-0.15, -0.1) is 0 Å². The number of methoxy groups -OCH3 is 1. The minimum absolute atomic E-state index is 0.0284. The molecule has 1 aromatic carbocycles. The van der Waals surface area contributed by atoms with Crippen molar-refractivity contribution in [2.24, 2.45) is 5.92 Å². The van der Waals surface area contributed by atoms with E-state index < -0.39 is 5.97 Å². The van der Waals surface area contributed by atoms with Gasteiger partial charge in [0, 0.05) is 30.6 Å². The molecule has 1 aromatic rings. The number of carboxylic acids is 1. The van der Waals surface area contributed by atoms with Gasteiger partial charge < -0.3 is 14.7 Å². The number of carbonyl (C=O) groups excluding carboxylic acids is 1. The number of hydrogen-bond donors (Lipinski definition) is 1. The van der Waals surface area contributed by atoms with Crippen molar-refractivity contribution in [2.45, 2.75) is 37.3 Å². The van der Waals surface area contributed by atoms with Gasteiger partial charge in [0.2, 0.25) is 5.91 Å². The summed E-state index contributed by atoms with van der Waals surface area (Å²) in [5.74, 6) is -0.811. The summed E-state index contributed by atoms with van der Waals surface area (Å²) >= 11 is 6.21. The molecule has 1 N–H and O–H groups in total. The predicted octanol–water partition coefficient (Wildman–Crippen LogP) is 2.53. The maximum Gasteiger partial charge on any atom is 0.305 e. The number of halogens is 1. The van der Waals surface area contributed by atoms with Gasteiger partial charge in [0.25, 0.3) is 0 Å². The van der Waals surface area contributed by atoms with Crippen LogP contribution in [0.15, 0.2) is 24.3 Å². The van der Waals surface area contributed by atoms with E-state index in [1.54, 1.807) is 12.0 Å². The smallest absolute Gasteiger partial charge is 0.305 e. The number of hydrogen-bond acceptors (Lipinski definition) is 3. The molecule has 23 heavy (non-hydrogen) atoms. The maximum absolute atomic E-state index is 12.8. The molecule has 1 saturated carbocycles. The SMILES string of the molecule is COC1CC(CC(=O)O)N(C(=O)C2CC2c2ccccc2Cl)C1. The van der Waals surface area contributed by atoms with Gasteiger partial charge in [0.05, 0.1) is 12.5 Å². The monoisotopic (exact) mass is 337 g/mol. The Bertz CT molecular complexity index is 620. The first kappa shape index (κ1) is 16.3. The van der Waals surface area contributed by atoms with Crippen molar-refractivity contribution in [1.29, 1.82) is 0 Å². The summed E-state index contributed by atoms with van der Waals surface area (Å²) in [5.41, 5.74) is 1.00. The molecule has 6 heteroatoms. The van der Waals surface area contributed by atoms with Crippen LogP contribution >= 0.6 is 11.6 Å². The van der Waals surface area contributed by atoms with Crippen LogP contribution in [0.25, 0.3) is 0 Å². The lowest BCUT2D eigenvalue weighted by molar-refractivity contribution is -0.140. The highest BCUT2D eigenvalue weighted by Crippen LogP contribution is 2.51. The minimum Gasteiger partial charge on any atom is -0.481 e. The molecule has 124 valence electrons. The van der Waals surface area contributed by atoms with Gasteiger partial charge in [-0.3, -0.25) is 9.59 Å². The lowest BCUT2D eigenvalue weighted by atomic mass is 10.1. The normalized spacial score (nSPS) is 29.6. The highest BCUT2D eigenvalue weighted by molar-refractivity contribution is 6.31. The maximum atomic E-state index is 12.8. The number of nitrogens with zero attached hydrogens (tertiary/aromatic N) is 1. The number of carbonyl (C=O) groups is 2. The Morgan fingerprint density at radius 2 is 2.09 bits per heavy atom. The standard InChI is InChI=1S/C17H20ClNO4/c1-23-11-6-10(7-16(20)21)19(9-11)17(22)14-8-13(14)12-4-2-3-5-15(12)18/h2-5,10-11,13-14H,6-9H2,1H3,(H,20,21). The highest BCUT2D eigenvalue weighted by atomic mass is 35.5. The van der Waals surface area contributed by atoms with Crippen molar-refractivity contribution in [1.82, 2.24) is 4.90 Å². The molecular formula is C17H20ClNO4. The number of aliphatic carboxylic acids is 1. The molecule has 0 spiro atoms. The van der Waals surface area contributed by atoms with Crippen LogP contribution in [0.3, 0.4) is 0 Å². The summed E-state index contributed by atoms with van der Waals surface area (Å²) in [4.78, 5) is 25.5. The van der Waals surface area contributed by atoms with Crippen molar-refractivity contribution < 1.29 is 19.4 Å². The summed E-state index contributed by atoms with van der Waals surface area (Å²) < 4.78 is 5.33. The van der Waals surface area contributed by atoms with Crippen LogP contribution in [0.1, 0.15) is 30.7 Å². The van der Waals surface area contributed by atoms with Crippen LogP contribution in [0.2, 0.25) is 5.02 Å². The molecule has 0 radical (unpaired) electrons. The largest absolute Gasteiger partial charge is 0.481 e. The first-order valence-electron chi connectivity index (χ1n) is 7.80. The number of rotatable bonds is 5. The van der Waals surface area contributed by atoms with Gasteiger partial charge in [0.15, 0.2) is 0 Å². The molecule has 1 heterocycles. The van der Waals surface area contributed by atoms with E-state index >= 15 is 0 Å². The molecule has 0 aromatic heterocycles. The summed E-state index contributed by atoms with van der Waals surface area (Å²) in [6, 6.07) is 7.30. The van der Waals surface area contributed by atoms with Gasteiger partial charge in [-0.25, -0.2) is 0 Å².